The Kier molecular flexibility index (Phi) is 4.57. The molecule has 0 radical (unpaired) electrons. The molecule has 2 rings (SSSR count). The monoisotopic (exact) mass is 243 g/mol. The second-order valence-electron chi connectivity index (χ2n) is 4.82. The Labute approximate surface area is 109 Å². The Bertz CT molecular complexity index is 413. The third kappa shape index (κ3) is 3.00. The quantitative estimate of drug-likeness (QED) is 0.572. The molecule has 0 unspecified atom stereocenters. The van der Waals surface area contributed by atoms with Gasteiger partial charge in [0.15, 0.2) is 0 Å². The molecule has 0 amide bonds. The fourth-order valence-corrected chi connectivity index (χ4v) is 2.63. The van der Waals surface area contributed by atoms with Crippen LogP contribution < -0.4 is 0 Å². The van der Waals surface area contributed by atoms with Gasteiger partial charge < -0.3 is 4.84 Å². The van der Waals surface area contributed by atoms with Crippen LogP contribution in [0, 0.1) is 5.92 Å². The summed E-state index contributed by atoms with van der Waals surface area (Å²) >= 11 is 0. The van der Waals surface area contributed by atoms with Crippen molar-refractivity contribution in [3.05, 3.63) is 42.0 Å². The van der Waals surface area contributed by atoms with Crippen molar-refractivity contribution in [2.75, 3.05) is 7.11 Å². The van der Waals surface area contributed by atoms with E-state index in [1.807, 2.05) is 6.08 Å². The maximum Gasteiger partial charge on any atom is 0.106 e. The molecule has 0 aromatic heterocycles. The summed E-state index contributed by atoms with van der Waals surface area (Å²) < 4.78 is 0. The van der Waals surface area contributed by atoms with Crippen molar-refractivity contribution in [2.24, 2.45) is 11.1 Å². The van der Waals surface area contributed by atoms with Crippen LogP contribution in [0.1, 0.15) is 43.2 Å². The highest BCUT2D eigenvalue weighted by molar-refractivity contribution is 6.02. The molecule has 2 heteroatoms. The normalized spacial score (nSPS) is 17.5. The summed E-state index contributed by atoms with van der Waals surface area (Å²) in [5, 5.41) is 4.26. The lowest BCUT2D eigenvalue weighted by molar-refractivity contribution is 0.210. The second kappa shape index (κ2) is 6.39. The lowest BCUT2D eigenvalue weighted by Gasteiger charge is -2.23. The van der Waals surface area contributed by atoms with Crippen LogP contribution in [0.2, 0.25) is 0 Å². The zero-order chi connectivity index (χ0) is 12.8. The summed E-state index contributed by atoms with van der Waals surface area (Å²) in [6.45, 7) is 3.78. The average Bonchev–Trinajstić information content (AvgIpc) is 2.46. The number of hydrogen-bond acceptors (Lipinski definition) is 2. The molecule has 0 bridgehead atoms. The first kappa shape index (κ1) is 12.9. The standard InChI is InChI=1S/C16H21NO/c1-3-13-9-11-15(12-10-13)16(17-18-2)14-7-5-4-6-8-14/h3,9-12,14H,1,4-8H2,2H3/b17-16+. The van der Waals surface area contributed by atoms with Gasteiger partial charge >= 0.3 is 0 Å². The highest BCUT2D eigenvalue weighted by Crippen LogP contribution is 2.27. The van der Waals surface area contributed by atoms with Crippen molar-refractivity contribution in [1.82, 2.24) is 0 Å². The Morgan fingerprint density at radius 1 is 1.22 bits per heavy atom. The third-order valence-corrected chi connectivity index (χ3v) is 3.62. The predicted octanol–water partition coefficient (Wildman–Crippen LogP) is 4.26. The van der Waals surface area contributed by atoms with Gasteiger partial charge in [0, 0.05) is 5.92 Å². The van der Waals surface area contributed by atoms with Crippen molar-refractivity contribution in [1.29, 1.82) is 0 Å². The molecule has 0 atom stereocenters. The molecule has 0 heterocycles. The molecule has 1 saturated carbocycles. The van der Waals surface area contributed by atoms with Crippen LogP contribution in [0.15, 0.2) is 36.0 Å². The number of rotatable bonds is 4. The molecule has 1 aliphatic carbocycles. The molecule has 1 aromatic rings. The largest absolute Gasteiger partial charge is 0.399 e. The van der Waals surface area contributed by atoms with Crippen molar-refractivity contribution in [3.8, 4) is 0 Å². The van der Waals surface area contributed by atoms with Crippen molar-refractivity contribution >= 4 is 11.8 Å². The Hall–Kier alpha value is -1.57. The highest BCUT2D eigenvalue weighted by Gasteiger charge is 2.21. The van der Waals surface area contributed by atoms with Crippen LogP contribution in [0.25, 0.3) is 6.08 Å². The maximum absolute atomic E-state index is 5.04. The molecule has 1 fully saturated rings. The summed E-state index contributed by atoms with van der Waals surface area (Å²) in [7, 11) is 1.63. The molecular weight excluding hydrogens is 222 g/mol. The fraction of sp³-hybridized carbons (Fsp3) is 0.438. The van der Waals surface area contributed by atoms with E-state index in [9.17, 15) is 0 Å². The first-order valence-corrected chi connectivity index (χ1v) is 6.69. The summed E-state index contributed by atoms with van der Waals surface area (Å²) in [5.74, 6) is 0.549. The topological polar surface area (TPSA) is 21.6 Å². The maximum atomic E-state index is 5.04. The first-order chi connectivity index (χ1) is 8.85. The van der Waals surface area contributed by atoms with E-state index in [1.165, 1.54) is 37.7 Å². The zero-order valence-electron chi connectivity index (χ0n) is 11.1. The highest BCUT2D eigenvalue weighted by atomic mass is 16.6. The van der Waals surface area contributed by atoms with Gasteiger partial charge in [-0.05, 0) is 24.0 Å². The van der Waals surface area contributed by atoms with E-state index in [0.717, 1.165) is 11.3 Å². The Morgan fingerprint density at radius 2 is 1.89 bits per heavy atom. The van der Waals surface area contributed by atoms with E-state index in [4.69, 9.17) is 4.84 Å². The van der Waals surface area contributed by atoms with Crippen LogP contribution in [-0.2, 0) is 4.84 Å². The van der Waals surface area contributed by atoms with Crippen LogP contribution >= 0.6 is 0 Å². The zero-order valence-corrected chi connectivity index (χ0v) is 11.1. The minimum absolute atomic E-state index is 0.549. The van der Waals surface area contributed by atoms with Crippen LogP contribution in [-0.4, -0.2) is 12.8 Å². The van der Waals surface area contributed by atoms with Gasteiger partial charge in [-0.25, -0.2) is 0 Å². The molecule has 0 aliphatic heterocycles. The van der Waals surface area contributed by atoms with Crippen molar-refractivity contribution in [3.63, 3.8) is 0 Å². The number of hydrogen-bond donors (Lipinski definition) is 0. The summed E-state index contributed by atoms with van der Waals surface area (Å²) in [6, 6.07) is 8.39. The smallest absolute Gasteiger partial charge is 0.106 e. The van der Waals surface area contributed by atoms with E-state index in [1.54, 1.807) is 7.11 Å². The van der Waals surface area contributed by atoms with E-state index in [0.29, 0.717) is 5.92 Å². The lowest BCUT2D eigenvalue weighted by atomic mass is 9.83. The SMILES string of the molecule is C=Cc1ccc(/C(=N/OC)C2CCCCC2)cc1. The lowest BCUT2D eigenvalue weighted by Crippen LogP contribution is -2.19. The van der Waals surface area contributed by atoms with E-state index >= 15 is 0 Å². The van der Waals surface area contributed by atoms with E-state index in [-0.39, 0.29) is 0 Å². The van der Waals surface area contributed by atoms with Gasteiger partial charge in [-0.3, -0.25) is 0 Å². The summed E-state index contributed by atoms with van der Waals surface area (Å²) in [6.07, 6.45) is 8.27. The Balaban J connectivity index is 2.22. The van der Waals surface area contributed by atoms with E-state index < -0.39 is 0 Å². The molecular formula is C16H21NO. The average molecular weight is 243 g/mol. The second-order valence-corrected chi connectivity index (χ2v) is 4.82. The predicted molar refractivity (Wildman–Crippen MR) is 76.7 cm³/mol. The Morgan fingerprint density at radius 3 is 2.44 bits per heavy atom. The minimum atomic E-state index is 0.549. The molecule has 0 N–H and O–H groups in total. The van der Waals surface area contributed by atoms with Gasteiger partial charge in [-0.2, -0.15) is 0 Å². The third-order valence-electron chi connectivity index (χ3n) is 3.62. The molecule has 2 nitrogen and oxygen atoms in total. The molecule has 0 spiro atoms. The molecule has 1 aliphatic rings. The van der Waals surface area contributed by atoms with Gasteiger partial charge in [-0.15, -0.1) is 0 Å². The molecule has 1 aromatic carbocycles. The van der Waals surface area contributed by atoms with Gasteiger partial charge in [0.25, 0.3) is 0 Å². The van der Waals surface area contributed by atoms with Gasteiger partial charge in [0.2, 0.25) is 0 Å². The first-order valence-electron chi connectivity index (χ1n) is 6.69. The number of benzene rings is 1. The van der Waals surface area contributed by atoms with Gasteiger partial charge in [0.1, 0.15) is 7.11 Å². The number of oxime groups is 1. The molecule has 0 saturated heterocycles. The summed E-state index contributed by atoms with van der Waals surface area (Å²) in [5.41, 5.74) is 3.42. The molecule has 18 heavy (non-hydrogen) atoms. The molecule has 96 valence electrons. The fourth-order valence-electron chi connectivity index (χ4n) is 2.63. The van der Waals surface area contributed by atoms with Crippen LogP contribution in [0.5, 0.6) is 0 Å². The van der Waals surface area contributed by atoms with Gasteiger partial charge in [0.05, 0.1) is 5.71 Å². The van der Waals surface area contributed by atoms with Crippen LogP contribution in [0.4, 0.5) is 0 Å². The summed E-state index contributed by atoms with van der Waals surface area (Å²) in [4.78, 5) is 5.04. The van der Waals surface area contributed by atoms with Crippen LogP contribution in [0.3, 0.4) is 0 Å². The van der Waals surface area contributed by atoms with E-state index in [2.05, 4.69) is 36.0 Å². The van der Waals surface area contributed by atoms with Crippen molar-refractivity contribution < 1.29 is 4.84 Å². The number of nitrogens with zero attached hydrogens (tertiary/aromatic N) is 1. The van der Waals surface area contributed by atoms with Gasteiger partial charge in [-0.1, -0.05) is 61.3 Å². The van der Waals surface area contributed by atoms with Crippen molar-refractivity contribution in [2.45, 2.75) is 32.1 Å². The minimum Gasteiger partial charge on any atom is -0.399 e.